The molecule has 6 heteroatoms. The predicted octanol–water partition coefficient (Wildman–Crippen LogP) is -2.56. The number of hydrogen-bond donors (Lipinski definition) is 2. The van der Waals surface area contributed by atoms with Crippen molar-refractivity contribution in [2.45, 2.75) is 0 Å². The molecular formula is C4H6N4O2. The number of nitrogens with zero attached hydrogens (tertiary/aromatic N) is 2. The summed E-state index contributed by atoms with van der Waals surface area (Å²) < 4.78 is 1.15. The third kappa shape index (κ3) is 0.750. The Morgan fingerprint density at radius 2 is 1.90 bits per heavy atom. The molecule has 1 aromatic rings. The number of nitrogens with two attached hydrogens (primary N) is 2. The van der Waals surface area contributed by atoms with Crippen LogP contribution in [-0.2, 0) is 0 Å². The van der Waals surface area contributed by atoms with Crippen LogP contribution in [0.3, 0.4) is 0 Å². The van der Waals surface area contributed by atoms with Gasteiger partial charge >= 0.3 is 5.69 Å². The normalized spacial score (nSPS) is 9.60. The molecule has 0 bridgehead atoms. The van der Waals surface area contributed by atoms with Gasteiger partial charge in [0.15, 0.2) is 0 Å². The van der Waals surface area contributed by atoms with Gasteiger partial charge in [0.05, 0.1) is 0 Å². The van der Waals surface area contributed by atoms with E-state index in [9.17, 15) is 9.59 Å². The zero-order chi connectivity index (χ0) is 7.72. The monoisotopic (exact) mass is 142 g/mol. The Hall–Kier alpha value is -1.72. The van der Waals surface area contributed by atoms with E-state index in [0.29, 0.717) is 4.68 Å². The largest absolute Gasteiger partial charge is 0.368 e. The first-order chi connectivity index (χ1) is 4.63. The van der Waals surface area contributed by atoms with E-state index in [1.54, 1.807) is 0 Å². The van der Waals surface area contributed by atoms with E-state index in [4.69, 9.17) is 11.7 Å². The second kappa shape index (κ2) is 1.90. The van der Waals surface area contributed by atoms with Crippen LogP contribution in [0.25, 0.3) is 0 Å². The summed E-state index contributed by atoms with van der Waals surface area (Å²) in [6, 6.07) is 1.10. The highest BCUT2D eigenvalue weighted by atomic mass is 16.2. The SMILES string of the molecule is Nn1ccc(=O)n(N)c1=O. The fraction of sp³-hybridized carbons (Fsp3) is 0. The highest BCUT2D eigenvalue weighted by molar-refractivity contribution is 4.85. The maximum Gasteiger partial charge on any atom is 0.368 e. The molecule has 4 N–H and O–H groups in total. The molecule has 0 saturated heterocycles. The van der Waals surface area contributed by atoms with E-state index in [-0.39, 0.29) is 0 Å². The van der Waals surface area contributed by atoms with Crippen molar-refractivity contribution in [2.24, 2.45) is 0 Å². The molecule has 0 spiro atoms. The summed E-state index contributed by atoms with van der Waals surface area (Å²) in [4.78, 5) is 21.2. The fourth-order valence-corrected chi connectivity index (χ4v) is 0.507. The van der Waals surface area contributed by atoms with Gasteiger partial charge in [-0.25, -0.2) is 9.47 Å². The van der Waals surface area contributed by atoms with Crippen molar-refractivity contribution in [3.05, 3.63) is 33.1 Å². The molecule has 1 rings (SSSR count). The van der Waals surface area contributed by atoms with Gasteiger partial charge in [-0.2, -0.15) is 4.68 Å². The molecule has 0 saturated carbocycles. The number of aromatic nitrogens is 2. The van der Waals surface area contributed by atoms with E-state index >= 15 is 0 Å². The zero-order valence-electron chi connectivity index (χ0n) is 5.02. The molecule has 0 fully saturated rings. The minimum Gasteiger partial charge on any atom is -0.335 e. The van der Waals surface area contributed by atoms with Gasteiger partial charge in [0.2, 0.25) is 0 Å². The lowest BCUT2D eigenvalue weighted by Gasteiger charge is -1.97. The van der Waals surface area contributed by atoms with Crippen LogP contribution in [0.4, 0.5) is 0 Å². The summed E-state index contributed by atoms with van der Waals surface area (Å²) in [6.45, 7) is 0. The van der Waals surface area contributed by atoms with Crippen LogP contribution in [0.5, 0.6) is 0 Å². The number of nitrogen functional groups attached to an aromatic ring is 2. The molecule has 6 nitrogen and oxygen atoms in total. The molecule has 0 amide bonds. The second-order valence-corrected chi connectivity index (χ2v) is 1.71. The molecule has 1 aromatic heterocycles. The van der Waals surface area contributed by atoms with Gasteiger partial charge in [-0.1, -0.05) is 0 Å². The third-order valence-corrected chi connectivity index (χ3v) is 1.04. The fourth-order valence-electron chi connectivity index (χ4n) is 0.507. The summed E-state index contributed by atoms with van der Waals surface area (Å²) in [5.41, 5.74) is -1.32. The van der Waals surface area contributed by atoms with E-state index in [2.05, 4.69) is 0 Å². The van der Waals surface area contributed by atoms with Crippen molar-refractivity contribution in [1.82, 2.24) is 9.35 Å². The average Bonchev–Trinajstić information content (AvgIpc) is 1.93. The highest BCUT2D eigenvalue weighted by Gasteiger charge is 1.95. The van der Waals surface area contributed by atoms with Crippen LogP contribution in [0.2, 0.25) is 0 Å². The highest BCUT2D eigenvalue weighted by Crippen LogP contribution is 1.60. The summed E-state index contributed by atoms with van der Waals surface area (Å²) in [7, 11) is 0. The summed E-state index contributed by atoms with van der Waals surface area (Å²) in [5, 5.41) is 0. The van der Waals surface area contributed by atoms with Crippen LogP contribution < -0.4 is 22.9 Å². The standard InChI is InChI=1S/C4H6N4O2/c5-7-2-1-3(9)8(6)4(7)10/h1-2H,5-6H2. The van der Waals surface area contributed by atoms with Crippen molar-refractivity contribution in [2.75, 3.05) is 11.7 Å². The van der Waals surface area contributed by atoms with Crippen LogP contribution in [-0.4, -0.2) is 9.35 Å². The van der Waals surface area contributed by atoms with Gasteiger partial charge in [-0.3, -0.25) is 4.79 Å². The first-order valence-electron chi connectivity index (χ1n) is 2.48. The Labute approximate surface area is 55.2 Å². The van der Waals surface area contributed by atoms with Crippen LogP contribution in [0.1, 0.15) is 0 Å². The molecule has 10 heavy (non-hydrogen) atoms. The lowest BCUT2D eigenvalue weighted by Crippen LogP contribution is -2.45. The lowest BCUT2D eigenvalue weighted by molar-refractivity contribution is 0.749. The summed E-state index contributed by atoms with van der Waals surface area (Å²) >= 11 is 0. The Morgan fingerprint density at radius 1 is 1.30 bits per heavy atom. The minimum absolute atomic E-state index is 0.431. The Bertz CT molecular complexity index is 349. The molecule has 0 unspecified atom stereocenters. The van der Waals surface area contributed by atoms with E-state index in [1.165, 1.54) is 0 Å². The molecular weight excluding hydrogens is 136 g/mol. The third-order valence-electron chi connectivity index (χ3n) is 1.04. The molecule has 0 aliphatic rings. The average molecular weight is 142 g/mol. The van der Waals surface area contributed by atoms with Gasteiger partial charge in [-0.15, -0.1) is 0 Å². The molecule has 1 heterocycles. The van der Waals surface area contributed by atoms with Crippen LogP contribution >= 0.6 is 0 Å². The second-order valence-electron chi connectivity index (χ2n) is 1.71. The molecule has 0 aromatic carbocycles. The van der Waals surface area contributed by atoms with Crippen molar-refractivity contribution in [1.29, 1.82) is 0 Å². The summed E-state index contributed by atoms with van der Waals surface area (Å²) in [6.07, 6.45) is 1.15. The van der Waals surface area contributed by atoms with E-state index < -0.39 is 11.2 Å². The quantitative estimate of drug-likeness (QED) is 0.389. The lowest BCUT2D eigenvalue weighted by atomic mass is 10.7. The zero-order valence-corrected chi connectivity index (χ0v) is 5.02. The van der Waals surface area contributed by atoms with Crippen LogP contribution in [0, 0.1) is 0 Å². The van der Waals surface area contributed by atoms with E-state index in [0.717, 1.165) is 16.9 Å². The van der Waals surface area contributed by atoms with Crippen LogP contribution in [0.15, 0.2) is 21.9 Å². The number of rotatable bonds is 0. The van der Waals surface area contributed by atoms with Crippen molar-refractivity contribution < 1.29 is 0 Å². The van der Waals surface area contributed by atoms with Gasteiger partial charge in [-0.05, 0) is 0 Å². The summed E-state index contributed by atoms with van der Waals surface area (Å²) in [5.74, 6) is 10.0. The molecule has 0 atom stereocenters. The predicted molar refractivity (Wildman–Crippen MR) is 35.3 cm³/mol. The Morgan fingerprint density at radius 3 is 2.40 bits per heavy atom. The minimum atomic E-state index is -0.743. The first kappa shape index (κ1) is 6.40. The molecule has 0 radical (unpaired) electrons. The van der Waals surface area contributed by atoms with Gasteiger partial charge in [0, 0.05) is 12.3 Å². The van der Waals surface area contributed by atoms with E-state index in [1.807, 2.05) is 0 Å². The molecule has 0 aliphatic heterocycles. The number of hydrogen-bond acceptors (Lipinski definition) is 4. The molecule has 0 aliphatic carbocycles. The van der Waals surface area contributed by atoms with Crippen molar-refractivity contribution in [3.63, 3.8) is 0 Å². The topological polar surface area (TPSA) is 96.0 Å². The maximum absolute atomic E-state index is 10.7. The Kier molecular flexibility index (Phi) is 1.22. The smallest absolute Gasteiger partial charge is 0.335 e. The van der Waals surface area contributed by atoms with Crippen molar-refractivity contribution >= 4 is 0 Å². The Balaban J connectivity index is 3.66. The van der Waals surface area contributed by atoms with Gasteiger partial charge < -0.3 is 11.7 Å². The van der Waals surface area contributed by atoms with Gasteiger partial charge in [0.1, 0.15) is 0 Å². The van der Waals surface area contributed by atoms with Gasteiger partial charge in [0.25, 0.3) is 5.56 Å². The first-order valence-corrected chi connectivity index (χ1v) is 2.48. The molecule has 54 valence electrons. The maximum atomic E-state index is 10.7. The van der Waals surface area contributed by atoms with Crippen molar-refractivity contribution in [3.8, 4) is 0 Å².